The SMILES string of the molecule is Fc1cc([C@H]2CO2)ccc1Cl. The van der Waals surface area contributed by atoms with Gasteiger partial charge in [-0.15, -0.1) is 0 Å². The molecule has 58 valence electrons. The highest BCUT2D eigenvalue weighted by Gasteiger charge is 2.25. The third kappa shape index (κ3) is 1.37. The normalized spacial score (nSPS) is 21.8. The number of hydrogen-bond donors (Lipinski definition) is 0. The molecule has 0 spiro atoms. The molecule has 1 atom stereocenters. The Labute approximate surface area is 68.7 Å². The van der Waals surface area contributed by atoms with E-state index >= 15 is 0 Å². The highest BCUT2D eigenvalue weighted by Crippen LogP contribution is 2.31. The summed E-state index contributed by atoms with van der Waals surface area (Å²) < 4.78 is 17.8. The molecule has 0 unspecified atom stereocenters. The monoisotopic (exact) mass is 172 g/mol. The molecule has 1 nitrogen and oxygen atoms in total. The molecule has 0 bridgehead atoms. The van der Waals surface area contributed by atoms with Crippen molar-refractivity contribution >= 4 is 11.6 Å². The van der Waals surface area contributed by atoms with Crippen LogP contribution in [0.2, 0.25) is 5.02 Å². The van der Waals surface area contributed by atoms with Gasteiger partial charge >= 0.3 is 0 Å². The summed E-state index contributed by atoms with van der Waals surface area (Å²) in [5.41, 5.74) is 0.868. The van der Waals surface area contributed by atoms with E-state index in [-0.39, 0.29) is 16.9 Å². The predicted octanol–water partition coefficient (Wildman–Crippen LogP) is 2.55. The van der Waals surface area contributed by atoms with Crippen molar-refractivity contribution in [2.75, 3.05) is 6.61 Å². The minimum atomic E-state index is -0.375. The van der Waals surface area contributed by atoms with Gasteiger partial charge in [0, 0.05) is 0 Å². The lowest BCUT2D eigenvalue weighted by Gasteiger charge is -1.96. The summed E-state index contributed by atoms with van der Waals surface area (Å²) in [6, 6.07) is 4.75. The highest BCUT2D eigenvalue weighted by molar-refractivity contribution is 6.30. The number of epoxide rings is 1. The topological polar surface area (TPSA) is 12.5 Å². The zero-order valence-corrected chi connectivity index (χ0v) is 6.44. The molecule has 0 radical (unpaired) electrons. The molecule has 11 heavy (non-hydrogen) atoms. The van der Waals surface area contributed by atoms with Gasteiger partial charge in [0.05, 0.1) is 11.6 Å². The summed E-state index contributed by atoms with van der Waals surface area (Å²) >= 11 is 5.49. The Hall–Kier alpha value is -0.600. The van der Waals surface area contributed by atoms with E-state index in [1.54, 1.807) is 12.1 Å². The molecule has 1 fully saturated rings. The maximum Gasteiger partial charge on any atom is 0.142 e. The Morgan fingerprint density at radius 1 is 1.55 bits per heavy atom. The number of halogens is 2. The van der Waals surface area contributed by atoms with Crippen molar-refractivity contribution in [2.24, 2.45) is 0 Å². The van der Waals surface area contributed by atoms with Crippen LogP contribution in [-0.4, -0.2) is 6.61 Å². The van der Waals surface area contributed by atoms with Crippen LogP contribution in [0.3, 0.4) is 0 Å². The molecular formula is C8H6ClFO. The van der Waals surface area contributed by atoms with Crippen LogP contribution in [0.5, 0.6) is 0 Å². The average Bonchev–Trinajstić information content (AvgIpc) is 2.77. The van der Waals surface area contributed by atoms with Gasteiger partial charge in [-0.05, 0) is 17.7 Å². The molecule has 1 aliphatic rings. The van der Waals surface area contributed by atoms with Gasteiger partial charge in [-0.1, -0.05) is 17.7 Å². The van der Waals surface area contributed by atoms with E-state index in [0.717, 1.165) is 5.56 Å². The summed E-state index contributed by atoms with van der Waals surface area (Å²) in [4.78, 5) is 0. The quantitative estimate of drug-likeness (QED) is 0.593. The van der Waals surface area contributed by atoms with Crippen LogP contribution in [-0.2, 0) is 4.74 Å². The van der Waals surface area contributed by atoms with Crippen molar-refractivity contribution < 1.29 is 9.13 Å². The molecule has 1 aromatic rings. The van der Waals surface area contributed by atoms with E-state index in [4.69, 9.17) is 16.3 Å². The Morgan fingerprint density at radius 2 is 2.27 bits per heavy atom. The van der Waals surface area contributed by atoms with E-state index < -0.39 is 0 Å². The molecule has 0 aromatic heterocycles. The van der Waals surface area contributed by atoms with Crippen molar-refractivity contribution in [3.63, 3.8) is 0 Å². The Morgan fingerprint density at radius 3 is 2.82 bits per heavy atom. The number of hydrogen-bond acceptors (Lipinski definition) is 1. The summed E-state index contributed by atoms with van der Waals surface area (Å²) in [6.07, 6.45) is 0.0989. The second-order valence-electron chi connectivity index (χ2n) is 2.50. The summed E-state index contributed by atoms with van der Waals surface area (Å²) in [7, 11) is 0. The average molecular weight is 173 g/mol. The van der Waals surface area contributed by atoms with Crippen molar-refractivity contribution in [3.05, 3.63) is 34.6 Å². The first-order chi connectivity index (χ1) is 5.27. The molecule has 1 saturated heterocycles. The maximum absolute atomic E-state index is 12.8. The molecule has 1 heterocycles. The van der Waals surface area contributed by atoms with Crippen LogP contribution < -0.4 is 0 Å². The van der Waals surface area contributed by atoms with Gasteiger partial charge in [0.2, 0.25) is 0 Å². The lowest BCUT2D eigenvalue weighted by atomic mass is 10.2. The molecule has 2 rings (SSSR count). The molecule has 3 heteroatoms. The highest BCUT2D eigenvalue weighted by atomic mass is 35.5. The molecule has 0 aliphatic carbocycles. The molecule has 0 N–H and O–H groups in total. The van der Waals surface area contributed by atoms with Gasteiger partial charge < -0.3 is 4.74 Å². The first-order valence-corrected chi connectivity index (χ1v) is 3.72. The van der Waals surface area contributed by atoms with Gasteiger partial charge in [-0.25, -0.2) is 4.39 Å². The fraction of sp³-hybridized carbons (Fsp3) is 0.250. The van der Waals surface area contributed by atoms with Crippen molar-refractivity contribution in [1.29, 1.82) is 0 Å². The van der Waals surface area contributed by atoms with Crippen molar-refractivity contribution in [2.45, 2.75) is 6.10 Å². The summed E-state index contributed by atoms with van der Waals surface area (Å²) in [5, 5.41) is 0.161. The van der Waals surface area contributed by atoms with Gasteiger partial charge in [0.1, 0.15) is 11.9 Å². The maximum atomic E-state index is 12.8. The molecule has 1 aliphatic heterocycles. The zero-order chi connectivity index (χ0) is 7.84. The number of benzene rings is 1. The lowest BCUT2D eigenvalue weighted by Crippen LogP contribution is -1.83. The fourth-order valence-corrected chi connectivity index (χ4v) is 1.07. The summed E-state index contributed by atoms with van der Waals surface area (Å²) in [6.45, 7) is 0.696. The first-order valence-electron chi connectivity index (χ1n) is 3.34. The zero-order valence-electron chi connectivity index (χ0n) is 5.68. The smallest absolute Gasteiger partial charge is 0.142 e. The van der Waals surface area contributed by atoms with Crippen LogP contribution in [0.25, 0.3) is 0 Å². The van der Waals surface area contributed by atoms with E-state index in [9.17, 15) is 4.39 Å². The van der Waals surface area contributed by atoms with Crippen molar-refractivity contribution in [3.8, 4) is 0 Å². The minimum Gasteiger partial charge on any atom is -0.368 e. The predicted molar refractivity (Wildman–Crippen MR) is 40.1 cm³/mol. The molecule has 1 aromatic carbocycles. The Balaban J connectivity index is 2.36. The molecule has 0 amide bonds. The van der Waals surface area contributed by atoms with E-state index in [2.05, 4.69) is 0 Å². The van der Waals surface area contributed by atoms with Gasteiger partial charge in [-0.2, -0.15) is 0 Å². The largest absolute Gasteiger partial charge is 0.368 e. The van der Waals surface area contributed by atoms with Crippen LogP contribution in [0.1, 0.15) is 11.7 Å². The Bertz CT molecular complexity index is 283. The van der Waals surface area contributed by atoms with Gasteiger partial charge in [-0.3, -0.25) is 0 Å². The van der Waals surface area contributed by atoms with Gasteiger partial charge in [0.15, 0.2) is 0 Å². The summed E-state index contributed by atoms with van der Waals surface area (Å²) in [5.74, 6) is -0.375. The number of rotatable bonds is 1. The standard InChI is InChI=1S/C8H6ClFO/c9-6-2-1-5(3-7(6)10)8-4-11-8/h1-3,8H,4H2/t8-/m1/s1. The van der Waals surface area contributed by atoms with E-state index in [1.807, 2.05) is 0 Å². The minimum absolute atomic E-state index is 0.0989. The van der Waals surface area contributed by atoms with Crippen molar-refractivity contribution in [1.82, 2.24) is 0 Å². The fourth-order valence-electron chi connectivity index (χ4n) is 0.953. The van der Waals surface area contributed by atoms with Crippen LogP contribution in [0.15, 0.2) is 18.2 Å². The third-order valence-electron chi connectivity index (χ3n) is 1.65. The third-order valence-corrected chi connectivity index (χ3v) is 1.96. The lowest BCUT2D eigenvalue weighted by molar-refractivity contribution is 0.415. The second kappa shape index (κ2) is 2.47. The second-order valence-corrected chi connectivity index (χ2v) is 2.90. The van der Waals surface area contributed by atoms with E-state index in [0.29, 0.717) is 6.61 Å². The number of ether oxygens (including phenoxy) is 1. The van der Waals surface area contributed by atoms with Gasteiger partial charge in [0.25, 0.3) is 0 Å². The van der Waals surface area contributed by atoms with Crippen LogP contribution in [0, 0.1) is 5.82 Å². The van der Waals surface area contributed by atoms with Crippen LogP contribution in [0.4, 0.5) is 4.39 Å². The molecule has 0 saturated carbocycles. The molecular weight excluding hydrogens is 167 g/mol. The van der Waals surface area contributed by atoms with E-state index in [1.165, 1.54) is 6.07 Å². The van der Waals surface area contributed by atoms with Crippen LogP contribution >= 0.6 is 11.6 Å². The Kier molecular flexibility index (Phi) is 1.59. The first kappa shape index (κ1) is 7.07.